The molecule has 1 fully saturated rings. The fraction of sp³-hybridized carbons (Fsp3) is 0.300. The van der Waals surface area contributed by atoms with Crippen LogP contribution < -0.4 is 10.6 Å². The molecule has 2 aromatic heterocycles. The lowest BCUT2D eigenvalue weighted by atomic mass is 9.96. The molecular formula is C30H38N8. The number of pyridine rings is 2. The van der Waals surface area contributed by atoms with Gasteiger partial charge in [0.2, 0.25) is 0 Å². The topological polar surface area (TPSA) is 83.4 Å². The number of likely N-dealkylation sites (N-methyl/N-ethyl adjacent to an activating group) is 1. The summed E-state index contributed by atoms with van der Waals surface area (Å²) in [5, 5.41) is 15.4. The SMILES string of the molecule is C=C(Nc1ccc(CN2CCN(C)CC2)nc1)C(=N)c1cc(-c2cncc(NC(=C)N(C)C)c2)ccc1C. The smallest absolute Gasteiger partial charge is 0.0978 e. The molecule has 0 atom stereocenters. The average molecular weight is 511 g/mol. The van der Waals surface area contributed by atoms with E-state index in [1.54, 1.807) is 6.20 Å². The fourth-order valence-electron chi connectivity index (χ4n) is 4.24. The van der Waals surface area contributed by atoms with E-state index >= 15 is 0 Å². The van der Waals surface area contributed by atoms with Gasteiger partial charge in [-0.1, -0.05) is 25.3 Å². The maximum atomic E-state index is 8.86. The Labute approximate surface area is 226 Å². The number of hydrogen-bond donors (Lipinski definition) is 3. The normalized spacial score (nSPS) is 14.1. The number of aromatic nitrogens is 2. The molecule has 1 aliphatic rings. The van der Waals surface area contributed by atoms with Gasteiger partial charge in [0, 0.05) is 64.1 Å². The summed E-state index contributed by atoms with van der Waals surface area (Å²) in [5.41, 5.74) is 7.33. The molecule has 38 heavy (non-hydrogen) atoms. The van der Waals surface area contributed by atoms with Gasteiger partial charge in [0.05, 0.1) is 46.7 Å². The highest BCUT2D eigenvalue weighted by Crippen LogP contribution is 2.26. The maximum absolute atomic E-state index is 8.86. The van der Waals surface area contributed by atoms with Gasteiger partial charge in [0.1, 0.15) is 0 Å². The van der Waals surface area contributed by atoms with Gasteiger partial charge in [-0.15, -0.1) is 0 Å². The number of anilines is 2. The molecule has 0 amide bonds. The zero-order valence-electron chi connectivity index (χ0n) is 22.9. The van der Waals surface area contributed by atoms with Crippen molar-refractivity contribution in [3.05, 3.63) is 96.5 Å². The third kappa shape index (κ3) is 6.85. The van der Waals surface area contributed by atoms with Crippen LogP contribution in [0.3, 0.4) is 0 Å². The van der Waals surface area contributed by atoms with Crippen molar-refractivity contribution in [3.63, 3.8) is 0 Å². The summed E-state index contributed by atoms with van der Waals surface area (Å²) in [7, 11) is 6.03. The molecule has 3 heterocycles. The number of allylic oxidation sites excluding steroid dienone is 1. The van der Waals surface area contributed by atoms with E-state index in [1.807, 2.05) is 74.7 Å². The monoisotopic (exact) mass is 510 g/mol. The van der Waals surface area contributed by atoms with Gasteiger partial charge in [-0.25, -0.2) is 0 Å². The number of nitrogens with zero attached hydrogens (tertiary/aromatic N) is 5. The summed E-state index contributed by atoms with van der Waals surface area (Å²) >= 11 is 0. The molecule has 0 aliphatic carbocycles. The molecule has 4 rings (SSSR count). The number of benzene rings is 1. The lowest BCUT2D eigenvalue weighted by Gasteiger charge is -2.32. The highest BCUT2D eigenvalue weighted by Gasteiger charge is 2.15. The van der Waals surface area contributed by atoms with Crippen LogP contribution in [0.25, 0.3) is 11.1 Å². The van der Waals surface area contributed by atoms with Crippen molar-refractivity contribution in [1.82, 2.24) is 24.7 Å². The molecular weight excluding hydrogens is 472 g/mol. The minimum absolute atomic E-state index is 0.342. The first kappa shape index (κ1) is 27.0. The van der Waals surface area contributed by atoms with Crippen molar-refractivity contribution in [1.29, 1.82) is 5.41 Å². The van der Waals surface area contributed by atoms with Gasteiger partial charge < -0.3 is 20.4 Å². The molecule has 0 bridgehead atoms. The molecule has 8 nitrogen and oxygen atoms in total. The van der Waals surface area contributed by atoms with Crippen LogP contribution in [0.15, 0.2) is 79.7 Å². The standard InChI is InChI=1S/C30H38N8/c1-21-7-8-24(25-15-28(18-32-17-25)35-23(3)36(4)5)16-29(21)30(31)22(2)34-26-9-10-27(33-19-26)20-38-13-11-37(6)12-14-38/h7-10,15-19,31,34-35H,2-3,11-14,20H2,1,4-6H3. The molecule has 0 unspecified atom stereocenters. The molecule has 3 aromatic rings. The highest BCUT2D eigenvalue weighted by molar-refractivity contribution is 6.13. The second kappa shape index (κ2) is 12.0. The maximum Gasteiger partial charge on any atom is 0.0978 e. The Morgan fingerprint density at radius 1 is 0.947 bits per heavy atom. The van der Waals surface area contributed by atoms with Crippen LogP contribution in [-0.2, 0) is 6.54 Å². The Morgan fingerprint density at radius 2 is 1.71 bits per heavy atom. The summed E-state index contributed by atoms with van der Waals surface area (Å²) < 4.78 is 0. The minimum atomic E-state index is 0.342. The van der Waals surface area contributed by atoms with E-state index in [1.165, 1.54) is 0 Å². The number of nitrogens with one attached hydrogen (secondary N) is 3. The number of hydrogen-bond acceptors (Lipinski definition) is 8. The summed E-state index contributed by atoms with van der Waals surface area (Å²) in [4.78, 5) is 15.7. The lowest BCUT2D eigenvalue weighted by Crippen LogP contribution is -2.43. The lowest BCUT2D eigenvalue weighted by molar-refractivity contribution is 0.147. The first-order valence-electron chi connectivity index (χ1n) is 12.8. The second-order valence-corrected chi connectivity index (χ2v) is 10.1. The second-order valence-electron chi connectivity index (χ2n) is 10.1. The Balaban J connectivity index is 1.43. The third-order valence-electron chi connectivity index (χ3n) is 6.81. The molecule has 198 valence electrons. The van der Waals surface area contributed by atoms with Crippen LogP contribution in [-0.4, -0.2) is 77.7 Å². The van der Waals surface area contributed by atoms with Crippen LogP contribution in [0.1, 0.15) is 16.8 Å². The van der Waals surface area contributed by atoms with E-state index in [2.05, 4.69) is 50.6 Å². The van der Waals surface area contributed by atoms with Crippen molar-refractivity contribution in [2.75, 3.05) is 58.0 Å². The van der Waals surface area contributed by atoms with Crippen molar-refractivity contribution in [2.45, 2.75) is 13.5 Å². The van der Waals surface area contributed by atoms with Crippen molar-refractivity contribution in [3.8, 4) is 11.1 Å². The summed E-state index contributed by atoms with van der Waals surface area (Å²) in [5.74, 6) is 0.777. The molecule has 1 saturated heterocycles. The van der Waals surface area contributed by atoms with Crippen molar-refractivity contribution >= 4 is 17.1 Å². The zero-order chi connectivity index (χ0) is 27.2. The van der Waals surface area contributed by atoms with Gasteiger partial charge in [-0.05, 0) is 49.4 Å². The molecule has 1 aromatic carbocycles. The number of piperazine rings is 1. The fourth-order valence-corrected chi connectivity index (χ4v) is 4.24. The van der Waals surface area contributed by atoms with Crippen LogP contribution in [0.4, 0.5) is 11.4 Å². The van der Waals surface area contributed by atoms with Crippen LogP contribution >= 0.6 is 0 Å². The van der Waals surface area contributed by atoms with Gasteiger partial charge in [-0.3, -0.25) is 20.3 Å². The summed E-state index contributed by atoms with van der Waals surface area (Å²) in [6, 6.07) is 12.2. The van der Waals surface area contributed by atoms with E-state index in [0.717, 1.165) is 77.9 Å². The van der Waals surface area contributed by atoms with E-state index in [-0.39, 0.29) is 0 Å². The Bertz CT molecular complexity index is 1300. The average Bonchev–Trinajstić information content (AvgIpc) is 2.91. The Hall–Kier alpha value is -4.01. The van der Waals surface area contributed by atoms with E-state index in [0.29, 0.717) is 11.4 Å². The van der Waals surface area contributed by atoms with Crippen molar-refractivity contribution < 1.29 is 0 Å². The summed E-state index contributed by atoms with van der Waals surface area (Å²) in [6.07, 6.45) is 5.41. The highest BCUT2D eigenvalue weighted by atomic mass is 15.2. The first-order valence-corrected chi connectivity index (χ1v) is 12.8. The van der Waals surface area contributed by atoms with Crippen molar-refractivity contribution in [2.24, 2.45) is 0 Å². The van der Waals surface area contributed by atoms with E-state index in [4.69, 9.17) is 5.41 Å². The Morgan fingerprint density at radius 3 is 2.39 bits per heavy atom. The van der Waals surface area contributed by atoms with E-state index < -0.39 is 0 Å². The molecule has 0 radical (unpaired) electrons. The molecule has 0 saturated carbocycles. The first-order chi connectivity index (χ1) is 18.2. The number of aryl methyl sites for hydroxylation is 1. The van der Waals surface area contributed by atoms with Gasteiger partial charge >= 0.3 is 0 Å². The predicted molar refractivity (Wildman–Crippen MR) is 157 cm³/mol. The Kier molecular flexibility index (Phi) is 8.55. The quantitative estimate of drug-likeness (QED) is 0.343. The minimum Gasteiger partial charge on any atom is -0.365 e. The van der Waals surface area contributed by atoms with Gasteiger partial charge in [-0.2, -0.15) is 0 Å². The predicted octanol–water partition coefficient (Wildman–Crippen LogP) is 4.64. The summed E-state index contributed by atoms with van der Waals surface area (Å²) in [6.45, 7) is 15.3. The zero-order valence-corrected chi connectivity index (χ0v) is 22.9. The molecule has 0 spiro atoms. The van der Waals surface area contributed by atoms with Crippen LogP contribution in [0.5, 0.6) is 0 Å². The molecule has 3 N–H and O–H groups in total. The van der Waals surface area contributed by atoms with Crippen LogP contribution in [0.2, 0.25) is 0 Å². The van der Waals surface area contributed by atoms with Gasteiger partial charge in [0.15, 0.2) is 0 Å². The molecule has 8 heteroatoms. The van der Waals surface area contributed by atoms with Crippen LogP contribution in [0, 0.1) is 12.3 Å². The largest absolute Gasteiger partial charge is 0.365 e. The molecule has 1 aliphatic heterocycles. The van der Waals surface area contributed by atoms with Gasteiger partial charge in [0.25, 0.3) is 0 Å². The third-order valence-corrected chi connectivity index (χ3v) is 6.81. The number of rotatable bonds is 10. The van der Waals surface area contributed by atoms with E-state index in [9.17, 15) is 0 Å².